The topological polar surface area (TPSA) is 274 Å². The number of carboxylic acid groups (broad SMARTS) is 2. The van der Waals surface area contributed by atoms with Crippen LogP contribution in [0.15, 0.2) is 0 Å². The van der Waals surface area contributed by atoms with Crippen molar-refractivity contribution >= 4 is 41.5 Å². The predicted octanol–water partition coefficient (Wildman–Crippen LogP) is -3.49. The maximum Gasteiger partial charge on any atom is 0.326 e. The highest BCUT2D eigenvalue weighted by molar-refractivity contribution is 5.95. The Bertz CT molecular complexity index is 801. The second-order valence-corrected chi connectivity index (χ2v) is 7.91. The molecule has 0 bridgehead atoms. The summed E-state index contributed by atoms with van der Waals surface area (Å²) in [6.07, 6.45) is -1.83. The molecule has 0 aromatic heterocycles. The minimum atomic E-state index is -1.69. The summed E-state index contributed by atoms with van der Waals surface area (Å²) in [4.78, 5) is 81.8. The molecule has 0 radical (unpaired) electrons. The zero-order chi connectivity index (χ0) is 26.6. The molecule has 0 aliphatic rings. The van der Waals surface area contributed by atoms with E-state index in [1.165, 1.54) is 0 Å². The van der Waals surface area contributed by atoms with Gasteiger partial charge in [0.05, 0.1) is 12.5 Å². The normalized spacial score (nSPS) is 14.2. The number of hydrogen-bond donors (Lipinski definition) is 8. The van der Waals surface area contributed by atoms with Gasteiger partial charge in [-0.25, -0.2) is 4.79 Å². The Morgan fingerprint density at radius 2 is 1.24 bits per heavy atom. The van der Waals surface area contributed by atoms with Crippen LogP contribution >= 0.6 is 0 Å². The second kappa shape index (κ2) is 14.4. The van der Waals surface area contributed by atoms with E-state index >= 15 is 0 Å². The van der Waals surface area contributed by atoms with Gasteiger partial charge in [0.2, 0.25) is 29.5 Å². The Hall–Kier alpha value is -3.75. The molecule has 5 amide bonds. The molecule has 0 aliphatic carbocycles. The van der Waals surface area contributed by atoms with Crippen LogP contribution < -0.4 is 33.2 Å². The number of nitrogens with one attached hydrogen (secondary N) is 3. The van der Waals surface area contributed by atoms with Gasteiger partial charge < -0.3 is 43.4 Å². The molecule has 0 aromatic carbocycles. The molecule has 0 aromatic rings. The average Bonchev–Trinajstić information content (AvgIpc) is 2.70. The monoisotopic (exact) mass is 488 g/mol. The summed E-state index contributed by atoms with van der Waals surface area (Å²) < 4.78 is 0. The van der Waals surface area contributed by atoms with Gasteiger partial charge in [0, 0.05) is 12.8 Å². The molecular formula is C19H32N6O9. The van der Waals surface area contributed by atoms with Crippen molar-refractivity contribution in [3.63, 3.8) is 0 Å². The van der Waals surface area contributed by atoms with Gasteiger partial charge in [-0.05, 0) is 18.8 Å². The van der Waals surface area contributed by atoms with Crippen molar-refractivity contribution in [2.75, 3.05) is 0 Å². The van der Waals surface area contributed by atoms with Crippen LogP contribution in [0.25, 0.3) is 0 Å². The lowest BCUT2D eigenvalue weighted by atomic mass is 10.0. The molecule has 0 spiro atoms. The van der Waals surface area contributed by atoms with E-state index in [-0.39, 0.29) is 25.7 Å². The number of aliphatic carboxylic acids is 2. The van der Waals surface area contributed by atoms with Gasteiger partial charge in [0.1, 0.15) is 18.1 Å². The zero-order valence-electron chi connectivity index (χ0n) is 18.9. The fraction of sp³-hybridized carbons (Fsp3) is 0.632. The lowest BCUT2D eigenvalue weighted by molar-refractivity contribution is -0.144. The summed E-state index contributed by atoms with van der Waals surface area (Å²) in [5.41, 5.74) is 15.7. The van der Waals surface area contributed by atoms with Crippen molar-refractivity contribution in [1.82, 2.24) is 16.0 Å². The maximum absolute atomic E-state index is 12.7. The Morgan fingerprint density at radius 3 is 1.68 bits per heavy atom. The summed E-state index contributed by atoms with van der Waals surface area (Å²) in [5, 5.41) is 24.9. The standard InChI is InChI=1S/C19H32N6O9/c1-8(2)15(25-16(30)9(20)3-5-12(21)26)18(32)24-11(7-14(28)29)17(31)23-10(19(33)34)4-6-13(22)27/h8-11,15H,3-7,20H2,1-2H3,(H2,21,26)(H2,22,27)(H,23,31)(H,24,32)(H,25,30)(H,28,29)(H,33,34)/t9-,10-,11-,15-/m0/s1. The largest absolute Gasteiger partial charge is 0.481 e. The number of carboxylic acids is 2. The van der Waals surface area contributed by atoms with Gasteiger partial charge in [-0.2, -0.15) is 0 Å². The number of hydrogen-bond acceptors (Lipinski definition) is 8. The number of rotatable bonds is 16. The van der Waals surface area contributed by atoms with E-state index in [9.17, 15) is 38.7 Å². The van der Waals surface area contributed by atoms with E-state index in [1.54, 1.807) is 13.8 Å². The molecule has 0 rings (SSSR count). The number of amides is 5. The molecule has 34 heavy (non-hydrogen) atoms. The number of nitrogens with two attached hydrogens (primary N) is 3. The van der Waals surface area contributed by atoms with Crippen molar-refractivity contribution < 1.29 is 43.8 Å². The smallest absolute Gasteiger partial charge is 0.326 e. The van der Waals surface area contributed by atoms with Crippen molar-refractivity contribution in [1.29, 1.82) is 0 Å². The van der Waals surface area contributed by atoms with Crippen LogP contribution in [0.1, 0.15) is 46.0 Å². The number of carbonyl (C=O) groups excluding carboxylic acids is 5. The molecule has 15 nitrogen and oxygen atoms in total. The fourth-order valence-corrected chi connectivity index (χ4v) is 2.69. The van der Waals surface area contributed by atoms with E-state index in [4.69, 9.17) is 22.3 Å². The molecule has 0 unspecified atom stereocenters. The van der Waals surface area contributed by atoms with Gasteiger partial charge in [0.15, 0.2) is 0 Å². The molecule has 11 N–H and O–H groups in total. The highest BCUT2D eigenvalue weighted by Gasteiger charge is 2.32. The van der Waals surface area contributed by atoms with Crippen LogP contribution in [0, 0.1) is 5.92 Å². The molecule has 15 heteroatoms. The molecule has 0 saturated heterocycles. The van der Waals surface area contributed by atoms with Gasteiger partial charge in [-0.1, -0.05) is 13.8 Å². The third kappa shape index (κ3) is 11.8. The van der Waals surface area contributed by atoms with Gasteiger partial charge in [-0.15, -0.1) is 0 Å². The molecule has 0 saturated carbocycles. The summed E-state index contributed by atoms with van der Waals surface area (Å²) in [6.45, 7) is 3.13. The summed E-state index contributed by atoms with van der Waals surface area (Å²) in [5.74, 6) is -7.78. The number of primary amides is 2. The molecule has 0 aliphatic heterocycles. The van der Waals surface area contributed by atoms with Crippen LogP contribution in [0.5, 0.6) is 0 Å². The Morgan fingerprint density at radius 1 is 0.735 bits per heavy atom. The first kappa shape index (κ1) is 30.2. The van der Waals surface area contributed by atoms with E-state index in [0.29, 0.717) is 0 Å². The molecule has 4 atom stereocenters. The highest BCUT2D eigenvalue weighted by atomic mass is 16.4. The Balaban J connectivity index is 5.43. The van der Waals surface area contributed by atoms with Crippen molar-refractivity contribution in [2.45, 2.75) is 70.1 Å². The van der Waals surface area contributed by atoms with Crippen LogP contribution in [0.3, 0.4) is 0 Å². The van der Waals surface area contributed by atoms with E-state index in [0.717, 1.165) is 0 Å². The summed E-state index contributed by atoms with van der Waals surface area (Å²) in [6, 6.07) is -5.64. The first-order valence-corrected chi connectivity index (χ1v) is 10.3. The third-order valence-corrected chi connectivity index (χ3v) is 4.59. The van der Waals surface area contributed by atoms with E-state index < -0.39 is 78.0 Å². The van der Waals surface area contributed by atoms with Crippen molar-refractivity contribution in [2.24, 2.45) is 23.1 Å². The second-order valence-electron chi connectivity index (χ2n) is 7.91. The van der Waals surface area contributed by atoms with Crippen molar-refractivity contribution in [3.05, 3.63) is 0 Å². The highest BCUT2D eigenvalue weighted by Crippen LogP contribution is 2.06. The maximum atomic E-state index is 12.7. The van der Waals surface area contributed by atoms with Gasteiger partial charge in [0.25, 0.3) is 0 Å². The molecular weight excluding hydrogens is 456 g/mol. The minimum absolute atomic E-state index is 0.0699. The number of carbonyl (C=O) groups is 7. The Kier molecular flexibility index (Phi) is 12.8. The van der Waals surface area contributed by atoms with Gasteiger partial charge >= 0.3 is 11.9 Å². The SMILES string of the molecule is CC(C)[C@H](NC(=O)[C@@H](N)CCC(N)=O)C(=O)N[C@@H](CC(=O)O)C(=O)N[C@@H](CCC(N)=O)C(=O)O. The van der Waals surface area contributed by atoms with Gasteiger partial charge in [-0.3, -0.25) is 28.8 Å². The molecule has 0 heterocycles. The molecule has 192 valence electrons. The lowest BCUT2D eigenvalue weighted by Crippen LogP contribution is -2.58. The fourth-order valence-electron chi connectivity index (χ4n) is 2.69. The van der Waals surface area contributed by atoms with E-state index in [1.807, 2.05) is 0 Å². The average molecular weight is 488 g/mol. The van der Waals surface area contributed by atoms with Crippen LogP contribution in [0.2, 0.25) is 0 Å². The third-order valence-electron chi connectivity index (χ3n) is 4.59. The molecule has 0 fully saturated rings. The summed E-state index contributed by atoms with van der Waals surface area (Å²) in [7, 11) is 0. The first-order valence-electron chi connectivity index (χ1n) is 10.3. The van der Waals surface area contributed by atoms with E-state index in [2.05, 4.69) is 16.0 Å². The first-order chi connectivity index (χ1) is 15.6. The van der Waals surface area contributed by atoms with Crippen LogP contribution in [-0.2, 0) is 33.6 Å². The lowest BCUT2D eigenvalue weighted by Gasteiger charge is -2.26. The quantitative estimate of drug-likeness (QED) is 0.106. The zero-order valence-corrected chi connectivity index (χ0v) is 18.9. The Labute approximate surface area is 195 Å². The predicted molar refractivity (Wildman–Crippen MR) is 115 cm³/mol. The minimum Gasteiger partial charge on any atom is -0.481 e. The van der Waals surface area contributed by atoms with Crippen LogP contribution in [-0.4, -0.2) is 75.9 Å². The van der Waals surface area contributed by atoms with Crippen LogP contribution in [0.4, 0.5) is 0 Å². The van der Waals surface area contributed by atoms with Crippen molar-refractivity contribution in [3.8, 4) is 0 Å². The summed E-state index contributed by atoms with van der Waals surface area (Å²) >= 11 is 0.